The minimum atomic E-state index is -0.181. The van der Waals surface area contributed by atoms with E-state index in [1.807, 2.05) is 0 Å². The van der Waals surface area contributed by atoms with Crippen molar-refractivity contribution in [1.29, 1.82) is 0 Å². The van der Waals surface area contributed by atoms with Crippen LogP contribution in [0.15, 0.2) is 12.1 Å². The molecule has 0 heterocycles. The number of hydrogen-bond acceptors (Lipinski definition) is 6. The first-order chi connectivity index (χ1) is 9.13. The average Bonchev–Trinajstić information content (AvgIpc) is 2.41. The Morgan fingerprint density at radius 1 is 1.00 bits per heavy atom. The van der Waals surface area contributed by atoms with Crippen LogP contribution in [-0.2, 0) is 9.47 Å². The highest BCUT2D eigenvalue weighted by Gasteiger charge is 2.18. The Morgan fingerprint density at radius 2 is 1.47 bits per heavy atom. The molecule has 1 aromatic rings. The van der Waals surface area contributed by atoms with Gasteiger partial charge in [0.15, 0.2) is 19.4 Å². The van der Waals surface area contributed by atoms with Gasteiger partial charge < -0.3 is 23.7 Å². The smallest absolute Gasteiger partial charge is 0.188 e. The summed E-state index contributed by atoms with van der Waals surface area (Å²) >= 11 is 0. The van der Waals surface area contributed by atoms with Gasteiger partial charge in [0.05, 0.1) is 7.11 Å². The summed E-state index contributed by atoms with van der Waals surface area (Å²) in [5.41, 5.74) is 0.329. The lowest BCUT2D eigenvalue weighted by Gasteiger charge is -2.15. The van der Waals surface area contributed by atoms with E-state index in [9.17, 15) is 4.79 Å². The lowest BCUT2D eigenvalue weighted by Crippen LogP contribution is -2.09. The molecule has 1 aromatic carbocycles. The highest BCUT2D eigenvalue weighted by molar-refractivity contribution is 6.00. The van der Waals surface area contributed by atoms with Gasteiger partial charge >= 0.3 is 0 Å². The van der Waals surface area contributed by atoms with Crippen LogP contribution < -0.4 is 14.2 Å². The van der Waals surface area contributed by atoms with Gasteiger partial charge in [0.25, 0.3) is 0 Å². The van der Waals surface area contributed by atoms with Gasteiger partial charge in [-0.3, -0.25) is 4.79 Å². The minimum Gasteiger partial charge on any atom is -0.496 e. The lowest BCUT2D eigenvalue weighted by atomic mass is 10.1. The van der Waals surface area contributed by atoms with Gasteiger partial charge in [0.2, 0.25) is 0 Å². The molecule has 0 atom stereocenters. The first-order valence-electron chi connectivity index (χ1n) is 5.60. The second-order valence-electron chi connectivity index (χ2n) is 3.66. The first kappa shape index (κ1) is 15.3. The Balaban J connectivity index is 3.20. The van der Waals surface area contributed by atoms with Crippen molar-refractivity contribution >= 4 is 5.78 Å². The normalized spacial score (nSPS) is 10.1. The Hall–Kier alpha value is -1.79. The molecule has 0 fully saturated rings. The average molecular weight is 270 g/mol. The summed E-state index contributed by atoms with van der Waals surface area (Å²) in [6.45, 7) is 1.48. The second kappa shape index (κ2) is 7.60. The number of Topliss-reactive ketones (excluding diaryl/α,β-unsaturated/α-hetero) is 1. The van der Waals surface area contributed by atoms with Crippen molar-refractivity contribution in [2.75, 3.05) is 34.9 Å². The number of carbonyl (C=O) groups is 1. The van der Waals surface area contributed by atoms with E-state index in [1.165, 1.54) is 28.3 Å². The molecule has 0 aliphatic rings. The number of methoxy groups -OCH3 is 3. The topological polar surface area (TPSA) is 63.2 Å². The highest BCUT2D eigenvalue weighted by Crippen LogP contribution is 2.34. The largest absolute Gasteiger partial charge is 0.496 e. The molecular formula is C13H18O6. The molecule has 0 aliphatic heterocycles. The van der Waals surface area contributed by atoms with Gasteiger partial charge in [-0.2, -0.15) is 0 Å². The number of hydrogen-bond donors (Lipinski definition) is 0. The summed E-state index contributed by atoms with van der Waals surface area (Å²) in [5.74, 6) is 1.03. The molecule has 6 nitrogen and oxygen atoms in total. The molecular weight excluding hydrogens is 252 g/mol. The molecule has 0 amide bonds. The van der Waals surface area contributed by atoms with Crippen LogP contribution in [0.1, 0.15) is 17.3 Å². The van der Waals surface area contributed by atoms with Crippen LogP contribution in [0.2, 0.25) is 0 Å². The molecule has 0 aliphatic carbocycles. The van der Waals surface area contributed by atoms with Gasteiger partial charge in [-0.25, -0.2) is 0 Å². The van der Waals surface area contributed by atoms with Gasteiger partial charge in [-0.1, -0.05) is 0 Å². The zero-order chi connectivity index (χ0) is 14.3. The fraction of sp³-hybridized carbons (Fsp3) is 0.462. The standard InChI is InChI=1S/C13H18O6/c1-9(14)13-11(18-7-15-2)5-10(17-4)6-12(13)19-8-16-3/h5-6H,7-8H2,1-4H3. The van der Waals surface area contributed by atoms with Crippen molar-refractivity contribution < 1.29 is 28.5 Å². The maximum absolute atomic E-state index is 11.7. The molecule has 19 heavy (non-hydrogen) atoms. The number of ketones is 1. The molecule has 0 saturated carbocycles. The maximum Gasteiger partial charge on any atom is 0.188 e. The van der Waals surface area contributed by atoms with E-state index in [0.717, 1.165) is 0 Å². The van der Waals surface area contributed by atoms with Crippen LogP contribution in [-0.4, -0.2) is 40.7 Å². The fourth-order valence-electron chi connectivity index (χ4n) is 1.50. The number of rotatable bonds is 8. The van der Waals surface area contributed by atoms with Gasteiger partial charge in [-0.15, -0.1) is 0 Å². The zero-order valence-corrected chi connectivity index (χ0v) is 11.5. The fourth-order valence-corrected chi connectivity index (χ4v) is 1.50. The van der Waals surface area contributed by atoms with E-state index in [4.69, 9.17) is 23.7 Å². The highest BCUT2D eigenvalue weighted by atomic mass is 16.7. The van der Waals surface area contributed by atoms with Crippen molar-refractivity contribution in [3.8, 4) is 17.2 Å². The quantitative estimate of drug-likeness (QED) is 0.530. The van der Waals surface area contributed by atoms with Crippen LogP contribution in [0.5, 0.6) is 17.2 Å². The van der Waals surface area contributed by atoms with E-state index >= 15 is 0 Å². The van der Waals surface area contributed by atoms with E-state index in [0.29, 0.717) is 22.8 Å². The Kier molecular flexibility index (Phi) is 6.11. The van der Waals surface area contributed by atoms with Crippen molar-refractivity contribution in [3.63, 3.8) is 0 Å². The van der Waals surface area contributed by atoms with Crippen LogP contribution >= 0.6 is 0 Å². The molecule has 6 heteroatoms. The summed E-state index contributed by atoms with van der Waals surface area (Å²) in [6.07, 6.45) is 0. The third kappa shape index (κ3) is 4.11. The molecule has 106 valence electrons. The molecule has 0 spiro atoms. The van der Waals surface area contributed by atoms with Crippen molar-refractivity contribution in [2.24, 2.45) is 0 Å². The van der Waals surface area contributed by atoms with Crippen LogP contribution in [0.3, 0.4) is 0 Å². The van der Waals surface area contributed by atoms with Crippen LogP contribution in [0.4, 0.5) is 0 Å². The molecule has 0 saturated heterocycles. The van der Waals surface area contributed by atoms with Crippen molar-refractivity contribution in [2.45, 2.75) is 6.92 Å². The second-order valence-corrected chi connectivity index (χ2v) is 3.66. The molecule has 0 radical (unpaired) electrons. The SMILES string of the molecule is COCOc1cc(OC)cc(OCOC)c1C(C)=O. The van der Waals surface area contributed by atoms with E-state index in [1.54, 1.807) is 12.1 Å². The lowest BCUT2D eigenvalue weighted by molar-refractivity contribution is 0.0442. The Labute approximate surface area is 112 Å². The first-order valence-corrected chi connectivity index (χ1v) is 5.60. The predicted molar refractivity (Wildman–Crippen MR) is 68.0 cm³/mol. The summed E-state index contributed by atoms with van der Waals surface area (Å²) in [6, 6.07) is 3.21. The van der Waals surface area contributed by atoms with Gasteiger partial charge in [-0.05, 0) is 6.92 Å². The zero-order valence-electron chi connectivity index (χ0n) is 11.5. The number of carbonyl (C=O) groups excluding carboxylic acids is 1. The van der Waals surface area contributed by atoms with Gasteiger partial charge in [0.1, 0.15) is 22.8 Å². The predicted octanol–water partition coefficient (Wildman–Crippen LogP) is 1.86. The molecule has 0 bridgehead atoms. The van der Waals surface area contributed by atoms with Crippen molar-refractivity contribution in [3.05, 3.63) is 17.7 Å². The summed E-state index contributed by atoms with van der Waals surface area (Å²) in [4.78, 5) is 11.7. The number of benzene rings is 1. The Morgan fingerprint density at radius 3 is 1.79 bits per heavy atom. The van der Waals surface area contributed by atoms with Crippen LogP contribution in [0, 0.1) is 0 Å². The van der Waals surface area contributed by atoms with E-state index in [2.05, 4.69) is 0 Å². The van der Waals surface area contributed by atoms with Crippen LogP contribution in [0.25, 0.3) is 0 Å². The molecule has 0 unspecified atom stereocenters. The Bertz CT molecular complexity index is 400. The summed E-state index contributed by atoms with van der Waals surface area (Å²) < 4.78 is 25.5. The summed E-state index contributed by atoms with van der Waals surface area (Å²) in [7, 11) is 4.51. The van der Waals surface area contributed by atoms with E-state index < -0.39 is 0 Å². The van der Waals surface area contributed by atoms with E-state index in [-0.39, 0.29) is 19.4 Å². The summed E-state index contributed by atoms with van der Waals surface area (Å²) in [5, 5.41) is 0. The molecule has 1 rings (SSSR count). The molecule has 0 aromatic heterocycles. The maximum atomic E-state index is 11.7. The number of ether oxygens (including phenoxy) is 5. The third-order valence-corrected chi connectivity index (χ3v) is 2.29. The van der Waals surface area contributed by atoms with Gasteiger partial charge in [0, 0.05) is 26.4 Å². The third-order valence-electron chi connectivity index (χ3n) is 2.29. The minimum absolute atomic E-state index is 0.0250. The van der Waals surface area contributed by atoms with Crippen molar-refractivity contribution in [1.82, 2.24) is 0 Å². The molecule has 0 N–H and O–H groups in total. The monoisotopic (exact) mass is 270 g/mol.